The van der Waals surface area contributed by atoms with Crippen LogP contribution in [0.25, 0.3) is 0 Å². The zero-order valence-electron chi connectivity index (χ0n) is 10.4. The molecule has 0 amide bonds. The fraction of sp³-hybridized carbons (Fsp3) is 0.750. The van der Waals surface area contributed by atoms with Crippen LogP contribution in [0, 0.1) is 0 Å². The lowest BCUT2D eigenvalue weighted by Gasteiger charge is -2.44. The molecule has 0 aromatic rings. The number of rotatable bonds is 7. The molecule has 0 atom stereocenters. The van der Waals surface area contributed by atoms with E-state index in [-0.39, 0.29) is 12.1 Å². The first-order valence-corrected chi connectivity index (χ1v) is 6.15. The van der Waals surface area contributed by atoms with Gasteiger partial charge in [0.15, 0.2) is 0 Å². The molecule has 0 aliphatic heterocycles. The minimum absolute atomic E-state index is 0.124. The zero-order valence-corrected chi connectivity index (χ0v) is 10.4. The van der Waals surface area contributed by atoms with Crippen LogP contribution in [-0.4, -0.2) is 48.1 Å². The largest absolute Gasteiger partial charge is 0.395 e. The predicted octanol–water partition coefficient (Wildman–Crippen LogP) is 0.270. The van der Waals surface area contributed by atoms with Gasteiger partial charge >= 0.3 is 0 Å². The predicted molar refractivity (Wildman–Crippen MR) is 70.7 cm³/mol. The number of nitrogens with one attached hydrogen (secondary N) is 1. The average molecular weight is 240 g/mol. The molecule has 0 heterocycles. The van der Waals surface area contributed by atoms with E-state index in [4.69, 9.17) is 10.8 Å². The molecule has 1 aliphatic rings. The van der Waals surface area contributed by atoms with Gasteiger partial charge in [-0.25, -0.2) is 0 Å². The van der Waals surface area contributed by atoms with E-state index in [1.807, 2.05) is 0 Å². The molecular weight excluding hydrogens is 216 g/mol. The summed E-state index contributed by atoms with van der Waals surface area (Å²) in [6, 6.07) is 0.471. The van der Waals surface area contributed by atoms with Crippen molar-refractivity contribution in [2.75, 3.05) is 19.7 Å². The summed E-state index contributed by atoms with van der Waals surface area (Å²) in [6.07, 6.45) is 5.71. The maximum Gasteiger partial charge on any atom is 0.0749 e. The molecule has 0 aromatic carbocycles. The molecule has 1 rings (SSSR count). The normalized spacial score (nSPS) is 28.7. The summed E-state index contributed by atoms with van der Waals surface area (Å²) in [6.45, 7) is 8.73. The molecule has 1 saturated carbocycles. The maximum absolute atomic E-state index is 8.78. The number of nitrogens with zero attached hydrogens (tertiary/aromatic N) is 2. The maximum atomic E-state index is 8.78. The number of hydrogen-bond donors (Lipinski definition) is 3. The second kappa shape index (κ2) is 6.74. The molecule has 0 aromatic heterocycles. The van der Waals surface area contributed by atoms with E-state index < -0.39 is 0 Å². The van der Waals surface area contributed by atoms with Gasteiger partial charge in [0, 0.05) is 32.0 Å². The summed E-state index contributed by atoms with van der Waals surface area (Å²) in [5, 5.41) is 17.9. The first kappa shape index (κ1) is 14.2. The SMILES string of the molecule is C=CN(N=C)C1(CN)CCC(NCCO)CC1. The van der Waals surface area contributed by atoms with E-state index in [1.54, 1.807) is 11.2 Å². The Morgan fingerprint density at radius 3 is 2.59 bits per heavy atom. The Kier molecular flexibility index (Phi) is 5.61. The molecule has 0 saturated heterocycles. The standard InChI is InChI=1S/C12H24N4O/c1-3-16(14-2)12(10-13)6-4-11(5-7-12)15-8-9-17/h3,11,15,17H,1-2,4-10,13H2. The Balaban J connectivity index is 2.56. The van der Waals surface area contributed by atoms with E-state index in [0.717, 1.165) is 25.7 Å². The molecule has 1 aliphatic carbocycles. The van der Waals surface area contributed by atoms with Crippen molar-refractivity contribution < 1.29 is 5.11 Å². The van der Waals surface area contributed by atoms with Gasteiger partial charge in [-0.2, -0.15) is 5.10 Å². The van der Waals surface area contributed by atoms with Crippen molar-refractivity contribution in [2.24, 2.45) is 10.8 Å². The Bertz CT molecular complexity index is 241. The fourth-order valence-corrected chi connectivity index (χ4v) is 2.56. The van der Waals surface area contributed by atoms with E-state index in [0.29, 0.717) is 19.1 Å². The van der Waals surface area contributed by atoms with Crippen LogP contribution in [0.4, 0.5) is 0 Å². The molecular formula is C12H24N4O. The quantitative estimate of drug-likeness (QED) is 0.441. The Labute approximate surface area is 103 Å². The van der Waals surface area contributed by atoms with Gasteiger partial charge < -0.3 is 16.2 Å². The van der Waals surface area contributed by atoms with Crippen molar-refractivity contribution in [3.63, 3.8) is 0 Å². The molecule has 98 valence electrons. The molecule has 0 spiro atoms. The van der Waals surface area contributed by atoms with Gasteiger partial charge in [0.05, 0.1) is 12.1 Å². The summed E-state index contributed by atoms with van der Waals surface area (Å²) < 4.78 is 0. The summed E-state index contributed by atoms with van der Waals surface area (Å²) in [5.41, 5.74) is 5.77. The summed E-state index contributed by atoms with van der Waals surface area (Å²) in [4.78, 5) is 0. The third-order valence-electron chi connectivity index (χ3n) is 3.65. The van der Waals surface area contributed by atoms with Crippen molar-refractivity contribution in [1.82, 2.24) is 10.3 Å². The first-order valence-electron chi connectivity index (χ1n) is 6.15. The highest BCUT2D eigenvalue weighted by Gasteiger charge is 2.38. The van der Waals surface area contributed by atoms with E-state index in [2.05, 4.69) is 23.7 Å². The van der Waals surface area contributed by atoms with Crippen molar-refractivity contribution in [1.29, 1.82) is 0 Å². The van der Waals surface area contributed by atoms with Crippen molar-refractivity contribution in [3.8, 4) is 0 Å². The highest BCUT2D eigenvalue weighted by atomic mass is 16.3. The van der Waals surface area contributed by atoms with E-state index >= 15 is 0 Å². The van der Waals surface area contributed by atoms with E-state index in [9.17, 15) is 0 Å². The second-order valence-corrected chi connectivity index (χ2v) is 4.55. The monoisotopic (exact) mass is 240 g/mol. The number of hydrazone groups is 1. The summed E-state index contributed by atoms with van der Waals surface area (Å²) >= 11 is 0. The smallest absolute Gasteiger partial charge is 0.0749 e. The molecule has 1 fully saturated rings. The minimum Gasteiger partial charge on any atom is -0.395 e. The molecule has 0 radical (unpaired) electrons. The van der Waals surface area contributed by atoms with Gasteiger partial charge in [-0.05, 0) is 25.7 Å². The molecule has 0 bridgehead atoms. The van der Waals surface area contributed by atoms with Gasteiger partial charge in [0.25, 0.3) is 0 Å². The van der Waals surface area contributed by atoms with Crippen LogP contribution in [0.1, 0.15) is 25.7 Å². The van der Waals surface area contributed by atoms with Crippen molar-refractivity contribution in [3.05, 3.63) is 12.8 Å². The van der Waals surface area contributed by atoms with Crippen LogP contribution in [0.3, 0.4) is 0 Å². The Hall–Kier alpha value is -0.910. The third kappa shape index (κ3) is 3.28. The van der Waals surface area contributed by atoms with Crippen LogP contribution in [0.2, 0.25) is 0 Å². The number of hydrogen-bond acceptors (Lipinski definition) is 5. The van der Waals surface area contributed by atoms with Crippen LogP contribution >= 0.6 is 0 Å². The molecule has 0 unspecified atom stereocenters. The van der Waals surface area contributed by atoms with Gasteiger partial charge in [-0.15, -0.1) is 0 Å². The van der Waals surface area contributed by atoms with Crippen LogP contribution < -0.4 is 11.1 Å². The second-order valence-electron chi connectivity index (χ2n) is 4.55. The lowest BCUT2D eigenvalue weighted by Crippen LogP contribution is -2.53. The van der Waals surface area contributed by atoms with Gasteiger partial charge in [0.1, 0.15) is 0 Å². The van der Waals surface area contributed by atoms with Crippen LogP contribution in [0.15, 0.2) is 17.9 Å². The molecule has 17 heavy (non-hydrogen) atoms. The van der Waals surface area contributed by atoms with Crippen LogP contribution in [0.5, 0.6) is 0 Å². The summed E-state index contributed by atoms with van der Waals surface area (Å²) in [7, 11) is 0. The summed E-state index contributed by atoms with van der Waals surface area (Å²) in [5.74, 6) is 0. The fourth-order valence-electron chi connectivity index (χ4n) is 2.56. The topological polar surface area (TPSA) is 73.9 Å². The van der Waals surface area contributed by atoms with Gasteiger partial charge in [-0.3, -0.25) is 5.01 Å². The third-order valence-corrected chi connectivity index (χ3v) is 3.65. The van der Waals surface area contributed by atoms with E-state index in [1.165, 1.54) is 0 Å². The Morgan fingerprint density at radius 2 is 2.18 bits per heavy atom. The van der Waals surface area contributed by atoms with Crippen molar-refractivity contribution >= 4 is 6.72 Å². The minimum atomic E-state index is -0.124. The van der Waals surface area contributed by atoms with Gasteiger partial charge in [-0.1, -0.05) is 6.58 Å². The first-order chi connectivity index (χ1) is 8.22. The number of aliphatic hydroxyl groups is 1. The highest BCUT2D eigenvalue weighted by Crippen LogP contribution is 2.33. The molecule has 4 N–H and O–H groups in total. The highest BCUT2D eigenvalue weighted by molar-refractivity contribution is 5.23. The van der Waals surface area contributed by atoms with Crippen molar-refractivity contribution in [2.45, 2.75) is 37.3 Å². The lowest BCUT2D eigenvalue weighted by molar-refractivity contribution is 0.0940. The number of nitrogens with two attached hydrogens (primary N) is 1. The lowest BCUT2D eigenvalue weighted by atomic mass is 9.79. The Morgan fingerprint density at radius 1 is 1.53 bits per heavy atom. The van der Waals surface area contributed by atoms with Crippen LogP contribution in [-0.2, 0) is 0 Å². The number of aliphatic hydroxyl groups excluding tert-OH is 1. The zero-order chi connectivity index (χ0) is 12.7. The molecule has 5 nitrogen and oxygen atoms in total. The molecule has 5 heteroatoms. The van der Waals surface area contributed by atoms with Gasteiger partial charge in [0.2, 0.25) is 0 Å². The average Bonchev–Trinajstić information content (AvgIpc) is 2.39.